The quantitative estimate of drug-likeness (QED) is 0.313. The first kappa shape index (κ1) is 24.3. The van der Waals surface area contributed by atoms with Crippen LogP contribution >= 0.6 is 34.7 Å². The lowest BCUT2D eigenvalue weighted by atomic mass is 10.1. The van der Waals surface area contributed by atoms with Crippen LogP contribution in [0.4, 0.5) is 5.13 Å². The molecule has 0 aliphatic carbocycles. The molecule has 0 bridgehead atoms. The molecule has 0 atom stereocenters. The van der Waals surface area contributed by atoms with Crippen LogP contribution < -0.4 is 9.47 Å². The molecule has 0 saturated carbocycles. The minimum atomic E-state index is -0.0727. The van der Waals surface area contributed by atoms with E-state index in [-0.39, 0.29) is 5.91 Å². The van der Waals surface area contributed by atoms with Crippen molar-refractivity contribution in [2.45, 2.75) is 27.4 Å². The predicted molar refractivity (Wildman–Crippen MR) is 140 cm³/mol. The van der Waals surface area contributed by atoms with Gasteiger partial charge in [0.25, 0.3) is 5.91 Å². The molecule has 6 nitrogen and oxygen atoms in total. The minimum absolute atomic E-state index is 0.0727. The highest BCUT2D eigenvalue weighted by atomic mass is 35.5. The SMILES string of the molecule is CCOc1cc(/C=C2\S/C(=N/c3nc(C)cs3)N(CC)C2=O)ccc1OCc1ccccc1Cl. The van der Waals surface area contributed by atoms with Gasteiger partial charge in [0.1, 0.15) is 6.61 Å². The van der Waals surface area contributed by atoms with Crippen molar-refractivity contribution in [3.63, 3.8) is 0 Å². The third kappa shape index (κ3) is 5.63. The number of carbonyl (C=O) groups is 1. The number of ether oxygens (including phenoxy) is 2. The summed E-state index contributed by atoms with van der Waals surface area (Å²) in [6.07, 6.45) is 1.85. The van der Waals surface area contributed by atoms with E-state index in [1.54, 1.807) is 4.90 Å². The fourth-order valence-electron chi connectivity index (χ4n) is 3.27. The Morgan fingerprint density at radius 1 is 1.15 bits per heavy atom. The Kier molecular flexibility index (Phi) is 7.92. The molecule has 2 heterocycles. The van der Waals surface area contributed by atoms with Crippen molar-refractivity contribution in [2.24, 2.45) is 4.99 Å². The third-order valence-corrected chi connectivity index (χ3v) is 7.14. The number of thiazole rings is 1. The van der Waals surface area contributed by atoms with Gasteiger partial charge in [-0.3, -0.25) is 9.69 Å². The van der Waals surface area contributed by atoms with Gasteiger partial charge in [0.15, 0.2) is 16.7 Å². The molecule has 1 fully saturated rings. The lowest BCUT2D eigenvalue weighted by Gasteiger charge is -2.13. The predicted octanol–water partition coefficient (Wildman–Crippen LogP) is 6.71. The van der Waals surface area contributed by atoms with E-state index < -0.39 is 0 Å². The normalized spacial score (nSPS) is 16.0. The Hall–Kier alpha value is -2.81. The molecule has 9 heteroatoms. The average Bonchev–Trinajstić information content (AvgIpc) is 3.36. The van der Waals surface area contributed by atoms with Crippen molar-refractivity contribution in [2.75, 3.05) is 13.2 Å². The number of benzene rings is 2. The number of amides is 1. The van der Waals surface area contributed by atoms with Gasteiger partial charge >= 0.3 is 0 Å². The van der Waals surface area contributed by atoms with Gasteiger partial charge in [-0.05, 0) is 62.4 Å². The molecule has 176 valence electrons. The van der Waals surface area contributed by atoms with Crippen molar-refractivity contribution < 1.29 is 14.3 Å². The second-order valence-corrected chi connectivity index (χ2v) is 9.60. The topological polar surface area (TPSA) is 64.0 Å². The lowest BCUT2D eigenvalue weighted by molar-refractivity contribution is -0.122. The van der Waals surface area contributed by atoms with Gasteiger partial charge in [-0.15, -0.1) is 11.3 Å². The van der Waals surface area contributed by atoms with Crippen LogP contribution in [0.1, 0.15) is 30.7 Å². The molecular weight excluding hydrogens is 490 g/mol. The van der Waals surface area contributed by atoms with E-state index >= 15 is 0 Å². The highest BCUT2D eigenvalue weighted by molar-refractivity contribution is 8.18. The Bertz CT molecular complexity index is 1260. The molecule has 0 unspecified atom stereocenters. The molecule has 0 N–H and O–H groups in total. The average molecular weight is 514 g/mol. The zero-order valence-corrected chi connectivity index (χ0v) is 21.5. The van der Waals surface area contributed by atoms with Crippen molar-refractivity contribution >= 4 is 57.0 Å². The molecule has 0 radical (unpaired) electrons. The van der Waals surface area contributed by atoms with Gasteiger partial charge in [-0.2, -0.15) is 4.99 Å². The number of aromatic nitrogens is 1. The summed E-state index contributed by atoms with van der Waals surface area (Å²) < 4.78 is 11.8. The van der Waals surface area contributed by atoms with E-state index in [9.17, 15) is 4.79 Å². The first-order chi connectivity index (χ1) is 16.5. The summed E-state index contributed by atoms with van der Waals surface area (Å²) in [7, 11) is 0. The second kappa shape index (κ2) is 11.1. The van der Waals surface area contributed by atoms with Gasteiger partial charge in [0, 0.05) is 22.5 Å². The summed E-state index contributed by atoms with van der Waals surface area (Å²) in [5, 5.41) is 3.88. The molecule has 1 saturated heterocycles. The maximum Gasteiger partial charge on any atom is 0.266 e. The number of nitrogens with zero attached hydrogens (tertiary/aromatic N) is 3. The van der Waals surface area contributed by atoms with Crippen LogP contribution in [0.3, 0.4) is 0 Å². The summed E-state index contributed by atoms with van der Waals surface area (Å²) in [5.74, 6) is 1.15. The fraction of sp³-hybridized carbons (Fsp3) is 0.240. The largest absolute Gasteiger partial charge is 0.490 e. The van der Waals surface area contributed by atoms with Gasteiger partial charge in [-0.1, -0.05) is 35.9 Å². The van der Waals surface area contributed by atoms with Crippen LogP contribution in [0, 0.1) is 6.92 Å². The van der Waals surface area contributed by atoms with E-state index in [2.05, 4.69) is 9.98 Å². The Balaban J connectivity index is 1.57. The van der Waals surface area contributed by atoms with Crippen molar-refractivity contribution in [3.8, 4) is 11.5 Å². The number of likely N-dealkylation sites (N-methyl/N-ethyl adjacent to an activating group) is 1. The Morgan fingerprint density at radius 3 is 2.68 bits per heavy atom. The summed E-state index contributed by atoms with van der Waals surface area (Å²) in [6, 6.07) is 13.2. The van der Waals surface area contributed by atoms with Gasteiger partial charge < -0.3 is 9.47 Å². The number of halogens is 1. The smallest absolute Gasteiger partial charge is 0.266 e. The zero-order chi connectivity index (χ0) is 24.1. The molecule has 1 aliphatic rings. The molecule has 1 aromatic heterocycles. The number of carbonyl (C=O) groups excluding carboxylic acids is 1. The minimum Gasteiger partial charge on any atom is -0.490 e. The van der Waals surface area contributed by atoms with Gasteiger partial charge in [0.2, 0.25) is 5.13 Å². The number of hydrogen-bond donors (Lipinski definition) is 0. The number of thioether (sulfide) groups is 1. The summed E-state index contributed by atoms with van der Waals surface area (Å²) in [6.45, 7) is 7.13. The standard InChI is InChI=1S/C25H24ClN3O3S2/c1-4-29-23(30)22(34-25(29)28-24-27-16(3)15-33-24)13-17-10-11-20(21(12-17)31-5-2)32-14-18-8-6-7-9-19(18)26/h6-13,15H,4-5,14H2,1-3H3/b22-13-,28-25+. The Labute approximate surface area is 212 Å². The number of rotatable bonds is 8. The molecule has 0 spiro atoms. The number of aliphatic imine (C=N–C) groups is 1. The van der Waals surface area contributed by atoms with E-state index in [0.717, 1.165) is 16.8 Å². The maximum absolute atomic E-state index is 13.0. The van der Waals surface area contributed by atoms with Crippen LogP contribution in [0.15, 0.2) is 57.7 Å². The third-order valence-electron chi connectivity index (χ3n) is 4.91. The van der Waals surface area contributed by atoms with E-state index in [4.69, 9.17) is 21.1 Å². The second-order valence-electron chi connectivity index (χ2n) is 7.35. The summed E-state index contributed by atoms with van der Waals surface area (Å²) >= 11 is 9.05. The van der Waals surface area contributed by atoms with Crippen molar-refractivity contribution in [3.05, 3.63) is 74.6 Å². The lowest BCUT2D eigenvalue weighted by Crippen LogP contribution is -2.28. The molecule has 3 aromatic rings. The van der Waals surface area contributed by atoms with E-state index in [0.29, 0.717) is 51.5 Å². The number of amidine groups is 1. The van der Waals surface area contributed by atoms with Crippen LogP contribution in [-0.2, 0) is 11.4 Å². The fourth-order valence-corrected chi connectivity index (χ4v) is 5.23. The molecule has 2 aromatic carbocycles. The van der Waals surface area contributed by atoms with Crippen LogP contribution in [0.5, 0.6) is 11.5 Å². The molecule has 1 amide bonds. The monoisotopic (exact) mass is 513 g/mol. The van der Waals surface area contributed by atoms with E-state index in [1.165, 1.54) is 23.1 Å². The first-order valence-electron chi connectivity index (χ1n) is 10.8. The Morgan fingerprint density at radius 2 is 1.97 bits per heavy atom. The molecular formula is C25H24ClN3O3S2. The van der Waals surface area contributed by atoms with Crippen LogP contribution in [0.25, 0.3) is 6.08 Å². The van der Waals surface area contributed by atoms with Gasteiger partial charge in [0.05, 0.1) is 17.2 Å². The van der Waals surface area contributed by atoms with Crippen molar-refractivity contribution in [1.29, 1.82) is 0 Å². The van der Waals surface area contributed by atoms with Crippen LogP contribution in [0.2, 0.25) is 5.02 Å². The molecule has 34 heavy (non-hydrogen) atoms. The van der Waals surface area contributed by atoms with E-state index in [1.807, 2.05) is 74.7 Å². The highest BCUT2D eigenvalue weighted by Gasteiger charge is 2.32. The molecule has 4 rings (SSSR count). The summed E-state index contributed by atoms with van der Waals surface area (Å²) in [5.41, 5.74) is 2.65. The zero-order valence-electron chi connectivity index (χ0n) is 19.1. The van der Waals surface area contributed by atoms with Crippen molar-refractivity contribution in [1.82, 2.24) is 9.88 Å². The number of aryl methyl sites for hydroxylation is 1. The van der Waals surface area contributed by atoms with Crippen LogP contribution in [-0.4, -0.2) is 34.1 Å². The molecule has 1 aliphatic heterocycles. The summed E-state index contributed by atoms with van der Waals surface area (Å²) in [4.78, 5) is 24.2. The highest BCUT2D eigenvalue weighted by Crippen LogP contribution is 2.36. The van der Waals surface area contributed by atoms with Gasteiger partial charge in [-0.25, -0.2) is 4.98 Å². The maximum atomic E-state index is 13.0. The first-order valence-corrected chi connectivity index (χ1v) is 12.9. The number of hydrogen-bond acceptors (Lipinski definition) is 7.